The Balaban J connectivity index is 1.65. The molecule has 0 bridgehead atoms. The van der Waals surface area contributed by atoms with Crippen LogP contribution in [0.25, 0.3) is 10.7 Å². The number of piperidine rings is 1. The summed E-state index contributed by atoms with van der Waals surface area (Å²) in [7, 11) is 0. The highest BCUT2D eigenvalue weighted by atomic mass is 32.2. The van der Waals surface area contributed by atoms with Crippen molar-refractivity contribution in [1.29, 1.82) is 0 Å². The average molecular weight is 413 g/mol. The summed E-state index contributed by atoms with van der Waals surface area (Å²) in [6, 6.07) is 14.1. The largest absolute Gasteiger partial charge is 0.341 e. The predicted octanol–water partition coefficient (Wildman–Crippen LogP) is 4.87. The molecule has 0 radical (unpaired) electrons. The second-order valence-electron chi connectivity index (χ2n) is 6.82. The molecule has 1 aromatic carbocycles. The monoisotopic (exact) mass is 412 g/mol. The molecule has 0 spiro atoms. The smallest absolute Gasteiger partial charge is 0.240 e. The lowest BCUT2D eigenvalue weighted by Crippen LogP contribution is -2.38. The molecule has 0 N–H and O–H groups in total. The Kier molecular flexibility index (Phi) is 6.12. The van der Waals surface area contributed by atoms with Gasteiger partial charge in [-0.1, -0.05) is 48.2 Å². The molecule has 146 valence electrons. The van der Waals surface area contributed by atoms with Crippen LogP contribution in [0.3, 0.4) is 0 Å². The van der Waals surface area contributed by atoms with E-state index in [1.165, 1.54) is 18.2 Å². The minimum absolute atomic E-state index is 0.180. The predicted molar refractivity (Wildman–Crippen MR) is 114 cm³/mol. The van der Waals surface area contributed by atoms with E-state index < -0.39 is 0 Å². The quantitative estimate of drug-likeness (QED) is 0.542. The van der Waals surface area contributed by atoms with Gasteiger partial charge in [0.05, 0.1) is 4.88 Å². The Bertz CT molecular complexity index is 902. The van der Waals surface area contributed by atoms with E-state index in [9.17, 15) is 4.79 Å². The van der Waals surface area contributed by atoms with Crippen molar-refractivity contribution < 1.29 is 4.79 Å². The van der Waals surface area contributed by atoms with Crippen LogP contribution in [0.5, 0.6) is 0 Å². The van der Waals surface area contributed by atoms with E-state index in [1.54, 1.807) is 11.3 Å². The first-order valence-corrected chi connectivity index (χ1v) is 11.5. The van der Waals surface area contributed by atoms with E-state index in [0.717, 1.165) is 53.9 Å². The number of aromatic nitrogens is 3. The van der Waals surface area contributed by atoms with Crippen LogP contribution in [0, 0.1) is 0 Å². The number of carbonyl (C=O) groups excluding carboxylic acids is 1. The summed E-state index contributed by atoms with van der Waals surface area (Å²) in [6.07, 6.45) is 3.39. The van der Waals surface area contributed by atoms with Gasteiger partial charge in [-0.05, 0) is 43.2 Å². The number of benzene rings is 1. The third-order valence-corrected chi connectivity index (χ3v) is 7.08. The zero-order valence-electron chi connectivity index (χ0n) is 16.0. The van der Waals surface area contributed by atoms with Crippen molar-refractivity contribution in [2.45, 2.75) is 43.1 Å². The molecule has 1 unspecified atom stereocenters. The summed E-state index contributed by atoms with van der Waals surface area (Å²) in [5, 5.41) is 11.4. The minimum Gasteiger partial charge on any atom is -0.341 e. The van der Waals surface area contributed by atoms with E-state index in [1.807, 2.05) is 46.7 Å². The van der Waals surface area contributed by atoms with Gasteiger partial charge in [-0.2, -0.15) is 0 Å². The first kappa shape index (κ1) is 19.2. The number of carbonyl (C=O) groups is 1. The second kappa shape index (κ2) is 8.92. The first-order chi connectivity index (χ1) is 13.8. The van der Waals surface area contributed by atoms with Crippen molar-refractivity contribution in [1.82, 2.24) is 19.7 Å². The molecule has 1 saturated heterocycles. The number of likely N-dealkylation sites (tertiary alicyclic amines) is 1. The number of hydrogen-bond acceptors (Lipinski definition) is 5. The minimum atomic E-state index is -0.301. The zero-order chi connectivity index (χ0) is 19.3. The summed E-state index contributed by atoms with van der Waals surface area (Å²) in [5.74, 6) is 1.05. The molecular formula is C21H24N4OS2. The van der Waals surface area contributed by atoms with Crippen molar-refractivity contribution in [2.75, 3.05) is 13.1 Å². The maximum atomic E-state index is 13.4. The van der Waals surface area contributed by atoms with Gasteiger partial charge in [-0.3, -0.25) is 4.79 Å². The fourth-order valence-corrected chi connectivity index (χ4v) is 5.43. The van der Waals surface area contributed by atoms with Crippen LogP contribution in [0.1, 0.15) is 37.0 Å². The molecule has 2 aromatic heterocycles. The lowest BCUT2D eigenvalue weighted by molar-refractivity contribution is -0.131. The molecular weight excluding hydrogens is 388 g/mol. The molecule has 1 atom stereocenters. The SMILES string of the molecule is CCn1c(SC(C(=O)N2CCCCC2)c2ccccc2)nnc1-c1cccs1. The summed E-state index contributed by atoms with van der Waals surface area (Å²) in [4.78, 5) is 16.5. The molecule has 1 fully saturated rings. The third-order valence-electron chi connectivity index (χ3n) is 4.99. The zero-order valence-corrected chi connectivity index (χ0v) is 17.6. The summed E-state index contributed by atoms with van der Waals surface area (Å²) >= 11 is 3.17. The van der Waals surface area contributed by atoms with Gasteiger partial charge in [-0.25, -0.2) is 0 Å². The van der Waals surface area contributed by atoms with E-state index >= 15 is 0 Å². The third kappa shape index (κ3) is 4.00. The maximum Gasteiger partial charge on any atom is 0.240 e. The first-order valence-electron chi connectivity index (χ1n) is 9.75. The Morgan fingerprint density at radius 1 is 1.11 bits per heavy atom. The van der Waals surface area contributed by atoms with Gasteiger partial charge < -0.3 is 9.47 Å². The van der Waals surface area contributed by atoms with Crippen molar-refractivity contribution in [3.63, 3.8) is 0 Å². The van der Waals surface area contributed by atoms with Gasteiger partial charge in [0, 0.05) is 19.6 Å². The molecule has 0 saturated carbocycles. The van der Waals surface area contributed by atoms with Gasteiger partial charge in [0.25, 0.3) is 0 Å². The molecule has 28 heavy (non-hydrogen) atoms. The van der Waals surface area contributed by atoms with Crippen LogP contribution in [0.15, 0.2) is 53.0 Å². The number of thioether (sulfide) groups is 1. The van der Waals surface area contributed by atoms with Gasteiger partial charge in [0.15, 0.2) is 11.0 Å². The molecule has 3 heterocycles. The lowest BCUT2D eigenvalue weighted by atomic mass is 10.1. The van der Waals surface area contributed by atoms with Gasteiger partial charge in [0.2, 0.25) is 5.91 Å². The van der Waals surface area contributed by atoms with Crippen molar-refractivity contribution in [2.24, 2.45) is 0 Å². The standard InChI is InChI=1S/C21H24N4OS2/c1-2-25-19(17-12-9-15-27-17)22-23-21(25)28-18(16-10-5-3-6-11-16)20(26)24-13-7-4-8-14-24/h3,5-6,9-12,15,18H,2,4,7-8,13-14H2,1H3. The highest BCUT2D eigenvalue weighted by Gasteiger charge is 2.30. The van der Waals surface area contributed by atoms with Gasteiger partial charge in [-0.15, -0.1) is 21.5 Å². The number of rotatable bonds is 6. The Morgan fingerprint density at radius 3 is 2.57 bits per heavy atom. The lowest BCUT2D eigenvalue weighted by Gasteiger charge is -2.30. The Morgan fingerprint density at radius 2 is 1.89 bits per heavy atom. The molecule has 1 amide bonds. The molecule has 0 aliphatic carbocycles. The van der Waals surface area contributed by atoms with Crippen LogP contribution in [-0.4, -0.2) is 38.7 Å². The normalized spacial score (nSPS) is 15.5. The van der Waals surface area contributed by atoms with Crippen LogP contribution < -0.4 is 0 Å². The number of amides is 1. The van der Waals surface area contributed by atoms with Gasteiger partial charge in [0.1, 0.15) is 5.25 Å². The van der Waals surface area contributed by atoms with Crippen molar-refractivity contribution in [3.8, 4) is 10.7 Å². The highest BCUT2D eigenvalue weighted by molar-refractivity contribution is 8.00. The van der Waals surface area contributed by atoms with Crippen LogP contribution in [0.2, 0.25) is 0 Å². The average Bonchev–Trinajstić information content (AvgIpc) is 3.42. The van der Waals surface area contributed by atoms with E-state index in [0.29, 0.717) is 0 Å². The number of thiophene rings is 1. The Labute approximate surface area is 173 Å². The van der Waals surface area contributed by atoms with E-state index in [2.05, 4.69) is 27.8 Å². The van der Waals surface area contributed by atoms with Crippen LogP contribution >= 0.6 is 23.1 Å². The topological polar surface area (TPSA) is 51.0 Å². The summed E-state index contributed by atoms with van der Waals surface area (Å²) in [6.45, 7) is 4.56. The summed E-state index contributed by atoms with van der Waals surface area (Å²) in [5.41, 5.74) is 1.02. The second-order valence-corrected chi connectivity index (χ2v) is 8.84. The van der Waals surface area contributed by atoms with Crippen LogP contribution in [-0.2, 0) is 11.3 Å². The molecule has 1 aliphatic heterocycles. The van der Waals surface area contributed by atoms with E-state index in [4.69, 9.17) is 0 Å². The van der Waals surface area contributed by atoms with E-state index in [-0.39, 0.29) is 11.2 Å². The van der Waals surface area contributed by atoms with Gasteiger partial charge >= 0.3 is 0 Å². The Hall–Kier alpha value is -2.12. The van der Waals surface area contributed by atoms with Crippen LogP contribution in [0.4, 0.5) is 0 Å². The molecule has 5 nitrogen and oxygen atoms in total. The molecule has 3 aromatic rings. The highest BCUT2D eigenvalue weighted by Crippen LogP contribution is 2.38. The number of nitrogens with zero attached hydrogens (tertiary/aromatic N) is 4. The fourth-order valence-electron chi connectivity index (χ4n) is 3.52. The molecule has 4 rings (SSSR count). The van der Waals surface area contributed by atoms with Crippen molar-refractivity contribution >= 4 is 29.0 Å². The van der Waals surface area contributed by atoms with Crippen molar-refractivity contribution in [3.05, 3.63) is 53.4 Å². The number of hydrogen-bond donors (Lipinski definition) is 0. The molecule has 1 aliphatic rings. The molecule has 7 heteroatoms. The maximum absolute atomic E-state index is 13.4. The fraction of sp³-hybridized carbons (Fsp3) is 0.381. The summed E-state index contributed by atoms with van der Waals surface area (Å²) < 4.78 is 2.11.